The van der Waals surface area contributed by atoms with Crippen molar-refractivity contribution in [3.63, 3.8) is 0 Å². The number of carbonyl (C=O) groups is 1. The highest BCUT2D eigenvalue weighted by atomic mass is 16.9. The maximum absolute atomic E-state index is 10.4. The van der Waals surface area contributed by atoms with Crippen LogP contribution in [0.4, 0.5) is 0 Å². The van der Waals surface area contributed by atoms with Crippen LogP contribution in [0.1, 0.15) is 26.3 Å². The molecule has 0 aliphatic carbocycles. The Labute approximate surface area is 130 Å². The van der Waals surface area contributed by atoms with Gasteiger partial charge < -0.3 is 24.1 Å². The molecule has 0 heterocycles. The monoisotopic (exact) mass is 310 g/mol. The van der Waals surface area contributed by atoms with Gasteiger partial charge in [0.05, 0.1) is 20.3 Å². The van der Waals surface area contributed by atoms with Crippen LogP contribution in [0.5, 0.6) is 17.2 Å². The lowest BCUT2D eigenvalue weighted by Crippen LogP contribution is -2.39. The van der Waals surface area contributed by atoms with Crippen LogP contribution in [0.3, 0.4) is 0 Å². The van der Waals surface area contributed by atoms with Gasteiger partial charge in [-0.3, -0.25) is 4.79 Å². The average Bonchev–Trinajstić information content (AvgIpc) is 2.47. The number of aldehydes is 1. The van der Waals surface area contributed by atoms with Gasteiger partial charge in [-0.2, -0.15) is 0 Å². The summed E-state index contributed by atoms with van der Waals surface area (Å²) in [6.07, 6.45) is 3.51. The molecule has 0 unspecified atom stereocenters. The van der Waals surface area contributed by atoms with Crippen molar-refractivity contribution in [1.82, 2.24) is 0 Å². The Morgan fingerprint density at radius 2 is 1.86 bits per heavy atom. The first kappa shape index (κ1) is 18.0. The number of hydrogen-bond acceptors (Lipinski definition) is 6. The predicted molar refractivity (Wildman–Crippen MR) is 82.0 cm³/mol. The zero-order valence-corrected chi connectivity index (χ0v) is 13.3. The molecule has 0 saturated carbocycles. The summed E-state index contributed by atoms with van der Waals surface area (Å²) in [6.45, 7) is 5.98. The van der Waals surface area contributed by atoms with Gasteiger partial charge in [-0.15, -0.1) is 0 Å². The van der Waals surface area contributed by atoms with Crippen LogP contribution in [0.15, 0.2) is 18.2 Å². The summed E-state index contributed by atoms with van der Waals surface area (Å²) in [5, 5.41) is 10.2. The fourth-order valence-corrected chi connectivity index (χ4v) is 1.92. The summed E-state index contributed by atoms with van der Waals surface area (Å²) < 4.78 is 21.8. The van der Waals surface area contributed by atoms with E-state index in [1.54, 1.807) is 19.1 Å². The predicted octanol–water partition coefficient (Wildman–Crippen LogP) is 2.74. The van der Waals surface area contributed by atoms with Crippen molar-refractivity contribution in [1.29, 1.82) is 0 Å². The molecular weight excluding hydrogens is 288 g/mol. The quantitative estimate of drug-likeness (QED) is 0.429. The van der Waals surface area contributed by atoms with Gasteiger partial charge in [-0.25, -0.2) is 0 Å². The standard InChI is InChI=1S/C16H22O6/c1-5-20-16(3,21-6-2)22-15-13(18)10-12(8-7-9-17)11-14(15)19-4/h7-11,18H,5-6H2,1-4H3. The molecule has 1 rings (SSSR count). The van der Waals surface area contributed by atoms with Crippen LogP contribution in [0, 0.1) is 0 Å². The first-order chi connectivity index (χ1) is 10.5. The summed E-state index contributed by atoms with van der Waals surface area (Å²) in [5.41, 5.74) is 0.600. The maximum atomic E-state index is 10.4. The fraction of sp³-hybridized carbons (Fsp3) is 0.438. The normalized spacial score (nSPS) is 11.6. The van der Waals surface area contributed by atoms with E-state index in [0.29, 0.717) is 30.8 Å². The van der Waals surface area contributed by atoms with Gasteiger partial charge in [0.15, 0.2) is 11.5 Å². The second kappa shape index (κ2) is 8.41. The first-order valence-electron chi connectivity index (χ1n) is 6.99. The number of phenols is 1. The molecular formula is C16H22O6. The largest absolute Gasteiger partial charge is 0.504 e. The first-order valence-corrected chi connectivity index (χ1v) is 6.99. The molecule has 0 aliphatic rings. The molecule has 6 nitrogen and oxygen atoms in total. The van der Waals surface area contributed by atoms with Crippen molar-refractivity contribution in [3.8, 4) is 17.2 Å². The Morgan fingerprint density at radius 3 is 2.36 bits per heavy atom. The molecule has 0 amide bonds. The van der Waals surface area contributed by atoms with E-state index < -0.39 is 5.97 Å². The Hall–Kier alpha value is -2.05. The number of benzene rings is 1. The maximum Gasteiger partial charge on any atom is 0.324 e. The fourth-order valence-electron chi connectivity index (χ4n) is 1.92. The molecule has 6 heteroatoms. The van der Waals surface area contributed by atoms with Gasteiger partial charge in [0.25, 0.3) is 0 Å². The number of allylic oxidation sites excluding steroid dienone is 1. The van der Waals surface area contributed by atoms with Crippen molar-refractivity contribution < 1.29 is 28.8 Å². The number of phenolic OH excluding ortho intramolecular Hbond substituents is 1. The molecule has 0 aliphatic heterocycles. The molecule has 1 aromatic rings. The highest BCUT2D eigenvalue weighted by Crippen LogP contribution is 2.40. The van der Waals surface area contributed by atoms with Crippen LogP contribution in [-0.2, 0) is 14.3 Å². The second-order valence-electron chi connectivity index (χ2n) is 4.40. The van der Waals surface area contributed by atoms with Crippen molar-refractivity contribution in [3.05, 3.63) is 23.8 Å². The SMILES string of the molecule is CCOC(C)(OCC)Oc1c(O)cc(C=CC=O)cc1OC. The third kappa shape index (κ3) is 4.75. The van der Waals surface area contributed by atoms with Crippen molar-refractivity contribution >= 4 is 12.4 Å². The molecule has 1 N–H and O–H groups in total. The van der Waals surface area contributed by atoms with E-state index in [9.17, 15) is 9.90 Å². The van der Waals surface area contributed by atoms with Crippen LogP contribution < -0.4 is 9.47 Å². The van der Waals surface area contributed by atoms with E-state index in [4.69, 9.17) is 18.9 Å². The highest BCUT2D eigenvalue weighted by molar-refractivity contribution is 5.75. The van der Waals surface area contributed by atoms with Crippen molar-refractivity contribution in [2.45, 2.75) is 26.7 Å². The number of rotatable bonds is 9. The number of carbonyl (C=O) groups excluding carboxylic acids is 1. The molecule has 1 aromatic carbocycles. The Morgan fingerprint density at radius 1 is 1.23 bits per heavy atom. The third-order valence-electron chi connectivity index (χ3n) is 2.75. The Balaban J connectivity index is 3.17. The second-order valence-corrected chi connectivity index (χ2v) is 4.40. The van der Waals surface area contributed by atoms with E-state index in [2.05, 4.69) is 0 Å². The van der Waals surface area contributed by atoms with Crippen LogP contribution in [0.25, 0.3) is 6.08 Å². The number of methoxy groups -OCH3 is 1. The number of ether oxygens (including phenoxy) is 4. The smallest absolute Gasteiger partial charge is 0.324 e. The molecule has 0 radical (unpaired) electrons. The topological polar surface area (TPSA) is 74.2 Å². The Bertz CT molecular complexity index is 518. The molecule has 0 spiro atoms. The lowest BCUT2D eigenvalue weighted by Gasteiger charge is -2.30. The average molecular weight is 310 g/mol. The minimum atomic E-state index is -1.34. The van der Waals surface area contributed by atoms with E-state index in [-0.39, 0.29) is 11.5 Å². The van der Waals surface area contributed by atoms with Gasteiger partial charge in [-0.1, -0.05) is 6.08 Å². The Kier molecular flexibility index (Phi) is 6.88. The highest BCUT2D eigenvalue weighted by Gasteiger charge is 2.30. The van der Waals surface area contributed by atoms with E-state index in [0.717, 1.165) is 0 Å². The van der Waals surface area contributed by atoms with Crippen molar-refractivity contribution in [2.75, 3.05) is 20.3 Å². The third-order valence-corrected chi connectivity index (χ3v) is 2.75. The molecule has 122 valence electrons. The van der Waals surface area contributed by atoms with Gasteiger partial charge in [0, 0.05) is 6.92 Å². The summed E-state index contributed by atoms with van der Waals surface area (Å²) in [5.74, 6) is -1.07. The van der Waals surface area contributed by atoms with Crippen LogP contribution >= 0.6 is 0 Å². The number of hydrogen-bond donors (Lipinski definition) is 1. The lowest BCUT2D eigenvalue weighted by atomic mass is 10.1. The van der Waals surface area contributed by atoms with Gasteiger partial charge >= 0.3 is 5.97 Å². The molecule has 22 heavy (non-hydrogen) atoms. The summed E-state index contributed by atoms with van der Waals surface area (Å²) in [6, 6.07) is 3.09. The summed E-state index contributed by atoms with van der Waals surface area (Å²) in [7, 11) is 1.45. The lowest BCUT2D eigenvalue weighted by molar-refractivity contribution is -0.329. The summed E-state index contributed by atoms with van der Waals surface area (Å²) in [4.78, 5) is 10.4. The van der Waals surface area contributed by atoms with Crippen LogP contribution in [-0.4, -0.2) is 37.7 Å². The van der Waals surface area contributed by atoms with E-state index >= 15 is 0 Å². The molecule has 0 atom stereocenters. The minimum Gasteiger partial charge on any atom is -0.504 e. The van der Waals surface area contributed by atoms with E-state index in [1.165, 1.54) is 19.3 Å². The van der Waals surface area contributed by atoms with E-state index in [1.807, 2.05) is 13.8 Å². The van der Waals surface area contributed by atoms with Crippen molar-refractivity contribution in [2.24, 2.45) is 0 Å². The summed E-state index contributed by atoms with van der Waals surface area (Å²) >= 11 is 0. The van der Waals surface area contributed by atoms with Crippen LogP contribution in [0.2, 0.25) is 0 Å². The molecule has 0 bridgehead atoms. The van der Waals surface area contributed by atoms with Gasteiger partial charge in [-0.05, 0) is 37.6 Å². The molecule has 0 saturated heterocycles. The minimum absolute atomic E-state index is 0.107. The number of aromatic hydroxyl groups is 1. The molecule has 0 aromatic heterocycles. The van der Waals surface area contributed by atoms with Gasteiger partial charge in [0.1, 0.15) is 6.29 Å². The molecule has 0 fully saturated rings. The zero-order chi connectivity index (χ0) is 16.6. The van der Waals surface area contributed by atoms with Gasteiger partial charge in [0.2, 0.25) is 5.75 Å². The zero-order valence-electron chi connectivity index (χ0n) is 13.3.